The van der Waals surface area contributed by atoms with E-state index in [0.717, 1.165) is 38.8 Å². The highest BCUT2D eigenvalue weighted by Crippen LogP contribution is 2.12. The molecular weight excluding hydrogens is 206 g/mol. The van der Waals surface area contributed by atoms with Crippen molar-refractivity contribution in [2.24, 2.45) is 0 Å². The number of carbonyl (C=O) groups excluding carboxylic acids is 1. The molecule has 0 spiro atoms. The maximum atomic E-state index is 11.4. The molecule has 1 aliphatic heterocycles. The smallest absolute Gasteiger partial charge is 0.410 e. The van der Waals surface area contributed by atoms with Gasteiger partial charge in [0.2, 0.25) is 0 Å². The standard InChI is InChI=1S/C12H23NO3/c1-3-5-7-13-9-11(16-12(13)14)10-15-8-6-4-2/h11H,3-10H2,1-2H3. The van der Waals surface area contributed by atoms with Gasteiger partial charge in [-0.3, -0.25) is 0 Å². The van der Waals surface area contributed by atoms with Crippen LogP contribution in [-0.2, 0) is 9.47 Å². The molecule has 0 radical (unpaired) electrons. The second-order valence-corrected chi connectivity index (χ2v) is 4.23. The summed E-state index contributed by atoms with van der Waals surface area (Å²) in [6, 6.07) is 0. The second kappa shape index (κ2) is 7.49. The molecule has 1 amide bonds. The first-order valence-electron chi connectivity index (χ1n) is 6.31. The number of hydrogen-bond donors (Lipinski definition) is 0. The summed E-state index contributed by atoms with van der Waals surface area (Å²) in [4.78, 5) is 13.2. The van der Waals surface area contributed by atoms with Crippen LogP contribution >= 0.6 is 0 Å². The Morgan fingerprint density at radius 2 is 2.12 bits per heavy atom. The molecule has 1 rings (SSSR count). The van der Waals surface area contributed by atoms with E-state index in [-0.39, 0.29) is 12.2 Å². The lowest BCUT2D eigenvalue weighted by molar-refractivity contribution is 0.0448. The van der Waals surface area contributed by atoms with Gasteiger partial charge in [-0.1, -0.05) is 26.7 Å². The summed E-state index contributed by atoms with van der Waals surface area (Å²) in [5.41, 5.74) is 0. The van der Waals surface area contributed by atoms with Crippen LogP contribution in [0.15, 0.2) is 0 Å². The molecule has 0 aliphatic carbocycles. The van der Waals surface area contributed by atoms with Gasteiger partial charge in [0.15, 0.2) is 0 Å². The Labute approximate surface area is 97.9 Å². The highest BCUT2D eigenvalue weighted by molar-refractivity contribution is 5.69. The molecule has 0 bridgehead atoms. The number of hydrogen-bond acceptors (Lipinski definition) is 3. The Morgan fingerprint density at radius 3 is 2.81 bits per heavy atom. The SMILES string of the molecule is CCCCOCC1CN(CCCC)C(=O)O1. The highest BCUT2D eigenvalue weighted by Gasteiger charge is 2.30. The first-order chi connectivity index (χ1) is 7.77. The van der Waals surface area contributed by atoms with E-state index in [1.807, 2.05) is 0 Å². The number of carbonyl (C=O) groups is 1. The summed E-state index contributed by atoms with van der Waals surface area (Å²) in [7, 11) is 0. The molecule has 0 N–H and O–H groups in total. The molecule has 94 valence electrons. The van der Waals surface area contributed by atoms with Gasteiger partial charge in [-0.15, -0.1) is 0 Å². The largest absolute Gasteiger partial charge is 0.442 e. The van der Waals surface area contributed by atoms with Crippen LogP contribution in [0.5, 0.6) is 0 Å². The van der Waals surface area contributed by atoms with E-state index in [0.29, 0.717) is 13.2 Å². The summed E-state index contributed by atoms with van der Waals surface area (Å²) in [5.74, 6) is 0. The van der Waals surface area contributed by atoms with Gasteiger partial charge in [0.1, 0.15) is 6.10 Å². The minimum absolute atomic E-state index is 0.0683. The fraction of sp³-hybridized carbons (Fsp3) is 0.917. The summed E-state index contributed by atoms with van der Waals surface area (Å²) < 4.78 is 10.7. The molecule has 4 heteroatoms. The Kier molecular flexibility index (Phi) is 6.23. The molecule has 1 heterocycles. The second-order valence-electron chi connectivity index (χ2n) is 4.23. The lowest BCUT2D eigenvalue weighted by Crippen LogP contribution is -2.27. The molecule has 1 unspecified atom stereocenters. The van der Waals surface area contributed by atoms with E-state index < -0.39 is 0 Å². The Hall–Kier alpha value is -0.770. The molecule has 1 fully saturated rings. The van der Waals surface area contributed by atoms with Gasteiger partial charge < -0.3 is 14.4 Å². The Balaban J connectivity index is 2.14. The molecule has 16 heavy (non-hydrogen) atoms. The average molecular weight is 229 g/mol. The summed E-state index contributed by atoms with van der Waals surface area (Å²) in [5, 5.41) is 0. The third-order valence-electron chi connectivity index (χ3n) is 2.68. The van der Waals surface area contributed by atoms with Crippen LogP contribution in [0.4, 0.5) is 4.79 Å². The lowest BCUT2D eigenvalue weighted by Gasteiger charge is -2.11. The van der Waals surface area contributed by atoms with Gasteiger partial charge in [-0.2, -0.15) is 0 Å². The van der Waals surface area contributed by atoms with E-state index in [1.165, 1.54) is 0 Å². The predicted molar refractivity (Wildman–Crippen MR) is 62.5 cm³/mol. The number of ether oxygens (including phenoxy) is 2. The summed E-state index contributed by atoms with van der Waals surface area (Å²) in [6.45, 7) is 7.04. The van der Waals surface area contributed by atoms with Crippen molar-refractivity contribution in [2.45, 2.75) is 45.6 Å². The van der Waals surface area contributed by atoms with Gasteiger partial charge >= 0.3 is 6.09 Å². The van der Waals surface area contributed by atoms with Crippen molar-refractivity contribution in [3.05, 3.63) is 0 Å². The van der Waals surface area contributed by atoms with E-state index in [9.17, 15) is 4.79 Å². The molecule has 1 saturated heterocycles. The van der Waals surface area contributed by atoms with E-state index in [4.69, 9.17) is 9.47 Å². The predicted octanol–water partition coefficient (Wildman–Crippen LogP) is 2.42. The van der Waals surface area contributed by atoms with E-state index in [1.54, 1.807) is 4.90 Å². The third-order valence-corrected chi connectivity index (χ3v) is 2.68. The number of amides is 1. The number of rotatable bonds is 8. The van der Waals surface area contributed by atoms with Crippen molar-refractivity contribution in [3.63, 3.8) is 0 Å². The van der Waals surface area contributed by atoms with Gasteiger partial charge in [0, 0.05) is 13.2 Å². The van der Waals surface area contributed by atoms with Crippen molar-refractivity contribution >= 4 is 6.09 Å². The monoisotopic (exact) mass is 229 g/mol. The first kappa shape index (κ1) is 13.3. The quantitative estimate of drug-likeness (QED) is 0.600. The van der Waals surface area contributed by atoms with Gasteiger partial charge in [0.25, 0.3) is 0 Å². The minimum Gasteiger partial charge on any atom is -0.442 e. The average Bonchev–Trinajstić information content (AvgIpc) is 2.63. The van der Waals surface area contributed by atoms with Gasteiger partial charge in [-0.05, 0) is 12.8 Å². The van der Waals surface area contributed by atoms with Crippen LogP contribution in [0.25, 0.3) is 0 Å². The van der Waals surface area contributed by atoms with Crippen LogP contribution in [0, 0.1) is 0 Å². The fourth-order valence-electron chi connectivity index (χ4n) is 1.65. The zero-order chi connectivity index (χ0) is 11.8. The van der Waals surface area contributed by atoms with Crippen LogP contribution in [0.3, 0.4) is 0 Å². The molecule has 0 saturated carbocycles. The number of cyclic esters (lactones) is 1. The summed E-state index contributed by atoms with van der Waals surface area (Å²) >= 11 is 0. The van der Waals surface area contributed by atoms with Crippen molar-refractivity contribution in [2.75, 3.05) is 26.3 Å². The van der Waals surface area contributed by atoms with Crippen molar-refractivity contribution in [1.82, 2.24) is 4.90 Å². The molecule has 0 aromatic heterocycles. The Bertz CT molecular complexity index is 208. The van der Waals surface area contributed by atoms with Crippen molar-refractivity contribution < 1.29 is 14.3 Å². The molecular formula is C12H23NO3. The minimum atomic E-state index is -0.183. The molecule has 1 atom stereocenters. The molecule has 4 nitrogen and oxygen atoms in total. The van der Waals surface area contributed by atoms with Crippen LogP contribution < -0.4 is 0 Å². The van der Waals surface area contributed by atoms with Crippen molar-refractivity contribution in [3.8, 4) is 0 Å². The van der Waals surface area contributed by atoms with Crippen LogP contribution in [0.1, 0.15) is 39.5 Å². The topological polar surface area (TPSA) is 38.8 Å². The van der Waals surface area contributed by atoms with Gasteiger partial charge in [-0.25, -0.2) is 4.79 Å². The highest BCUT2D eigenvalue weighted by atomic mass is 16.6. The number of nitrogens with zero attached hydrogens (tertiary/aromatic N) is 1. The van der Waals surface area contributed by atoms with Crippen LogP contribution in [-0.4, -0.2) is 43.4 Å². The first-order valence-corrected chi connectivity index (χ1v) is 6.31. The lowest BCUT2D eigenvalue weighted by atomic mass is 10.3. The third kappa shape index (κ3) is 4.39. The molecule has 1 aliphatic rings. The maximum Gasteiger partial charge on any atom is 0.410 e. The molecule has 0 aromatic carbocycles. The summed E-state index contributed by atoms with van der Waals surface area (Å²) in [6.07, 6.45) is 4.09. The molecule has 0 aromatic rings. The van der Waals surface area contributed by atoms with E-state index >= 15 is 0 Å². The van der Waals surface area contributed by atoms with Gasteiger partial charge in [0.05, 0.1) is 13.2 Å². The van der Waals surface area contributed by atoms with Crippen molar-refractivity contribution in [1.29, 1.82) is 0 Å². The normalized spacial score (nSPS) is 20.2. The number of unbranched alkanes of at least 4 members (excludes halogenated alkanes) is 2. The van der Waals surface area contributed by atoms with Crippen LogP contribution in [0.2, 0.25) is 0 Å². The zero-order valence-corrected chi connectivity index (χ0v) is 10.4. The Morgan fingerprint density at radius 1 is 1.38 bits per heavy atom. The van der Waals surface area contributed by atoms with E-state index in [2.05, 4.69) is 13.8 Å². The maximum absolute atomic E-state index is 11.4. The zero-order valence-electron chi connectivity index (χ0n) is 10.4. The fourth-order valence-corrected chi connectivity index (χ4v) is 1.65.